The van der Waals surface area contributed by atoms with Gasteiger partial charge in [-0.15, -0.1) is 0 Å². The molecule has 0 aromatic heterocycles. The van der Waals surface area contributed by atoms with Crippen LogP contribution in [0.3, 0.4) is 0 Å². The minimum Gasteiger partial charge on any atom is -0.306 e. The molecule has 4 heteroatoms. The number of amides is 1. The van der Waals surface area contributed by atoms with Crippen molar-refractivity contribution < 1.29 is 4.79 Å². The zero-order valence-electron chi connectivity index (χ0n) is 11.5. The van der Waals surface area contributed by atoms with Crippen LogP contribution in [-0.2, 0) is 4.79 Å². The van der Waals surface area contributed by atoms with Gasteiger partial charge in [0, 0.05) is 20.5 Å². The lowest BCUT2D eigenvalue weighted by Gasteiger charge is -2.28. The zero-order chi connectivity index (χ0) is 12.7. The zero-order valence-corrected chi connectivity index (χ0v) is 11.5. The molecule has 4 nitrogen and oxygen atoms in total. The fourth-order valence-electron chi connectivity index (χ4n) is 2.37. The monoisotopic (exact) mass is 241 g/mol. The minimum atomic E-state index is 0.137. The maximum Gasteiger partial charge on any atom is 0.234 e. The highest BCUT2D eigenvalue weighted by atomic mass is 16.2. The van der Waals surface area contributed by atoms with E-state index in [-0.39, 0.29) is 5.91 Å². The van der Waals surface area contributed by atoms with Gasteiger partial charge in [-0.25, -0.2) is 5.01 Å². The van der Waals surface area contributed by atoms with E-state index in [4.69, 9.17) is 0 Å². The van der Waals surface area contributed by atoms with Gasteiger partial charge >= 0.3 is 0 Å². The Balaban J connectivity index is 1.99. The van der Waals surface area contributed by atoms with Crippen molar-refractivity contribution in [2.24, 2.45) is 5.92 Å². The van der Waals surface area contributed by atoms with Crippen molar-refractivity contribution >= 4 is 5.91 Å². The Hall–Kier alpha value is -0.610. The topological polar surface area (TPSA) is 35.6 Å². The molecule has 1 aliphatic rings. The molecule has 1 saturated heterocycles. The van der Waals surface area contributed by atoms with Crippen LogP contribution in [0.25, 0.3) is 0 Å². The van der Waals surface area contributed by atoms with Crippen molar-refractivity contribution in [3.05, 3.63) is 0 Å². The van der Waals surface area contributed by atoms with E-state index < -0.39 is 0 Å². The van der Waals surface area contributed by atoms with Crippen molar-refractivity contribution in [3.8, 4) is 0 Å². The van der Waals surface area contributed by atoms with Crippen LogP contribution in [0.2, 0.25) is 0 Å². The highest BCUT2D eigenvalue weighted by molar-refractivity contribution is 5.75. The summed E-state index contributed by atoms with van der Waals surface area (Å²) in [6.45, 7) is 2.48. The third-order valence-corrected chi connectivity index (χ3v) is 3.45. The van der Waals surface area contributed by atoms with Crippen molar-refractivity contribution in [3.63, 3.8) is 0 Å². The van der Waals surface area contributed by atoms with Gasteiger partial charge in [0.15, 0.2) is 0 Å². The van der Waals surface area contributed by atoms with Gasteiger partial charge in [0.1, 0.15) is 0 Å². The molecule has 0 saturated carbocycles. The average molecular weight is 241 g/mol. The normalized spacial score (nSPS) is 18.6. The van der Waals surface area contributed by atoms with E-state index in [1.54, 1.807) is 5.01 Å². The van der Waals surface area contributed by atoms with Gasteiger partial charge in [-0.1, -0.05) is 12.8 Å². The summed E-state index contributed by atoms with van der Waals surface area (Å²) < 4.78 is 0. The molecule has 1 amide bonds. The SMILES string of the molecule is CN1CCC(CCCCC(=O)NN(C)C)CC1. The first-order chi connectivity index (χ1) is 8.08. The number of hydrogen-bond acceptors (Lipinski definition) is 3. The summed E-state index contributed by atoms with van der Waals surface area (Å²) in [5, 5.41) is 1.71. The average Bonchev–Trinajstić information content (AvgIpc) is 2.26. The number of rotatable bonds is 6. The third-order valence-electron chi connectivity index (χ3n) is 3.45. The predicted octanol–water partition coefficient (Wildman–Crippen LogP) is 1.48. The molecule has 0 spiro atoms. The quantitative estimate of drug-likeness (QED) is 0.565. The fraction of sp³-hybridized carbons (Fsp3) is 0.923. The second-order valence-corrected chi connectivity index (χ2v) is 5.42. The van der Waals surface area contributed by atoms with Gasteiger partial charge in [-0.05, 0) is 45.3 Å². The summed E-state index contributed by atoms with van der Waals surface area (Å²) in [5.41, 5.74) is 2.77. The summed E-state index contributed by atoms with van der Waals surface area (Å²) in [5.74, 6) is 1.03. The van der Waals surface area contributed by atoms with Gasteiger partial charge in [0.25, 0.3) is 0 Å². The number of nitrogens with zero attached hydrogens (tertiary/aromatic N) is 2. The number of hydrazine groups is 1. The number of hydrogen-bond donors (Lipinski definition) is 1. The highest BCUT2D eigenvalue weighted by Crippen LogP contribution is 2.21. The molecule has 100 valence electrons. The molecular weight excluding hydrogens is 214 g/mol. The number of likely N-dealkylation sites (tertiary alicyclic amines) is 1. The summed E-state index contributed by atoms with van der Waals surface area (Å²) in [6, 6.07) is 0. The van der Waals surface area contributed by atoms with Crippen LogP contribution in [0.1, 0.15) is 38.5 Å². The molecule has 0 aromatic carbocycles. The predicted molar refractivity (Wildman–Crippen MR) is 70.5 cm³/mol. The molecule has 0 aliphatic carbocycles. The van der Waals surface area contributed by atoms with Crippen molar-refractivity contribution in [1.29, 1.82) is 0 Å². The number of piperidine rings is 1. The first kappa shape index (κ1) is 14.5. The van der Waals surface area contributed by atoms with E-state index in [1.165, 1.54) is 38.8 Å². The van der Waals surface area contributed by atoms with Crippen LogP contribution in [-0.4, -0.2) is 50.0 Å². The van der Waals surface area contributed by atoms with Crippen LogP contribution in [0.5, 0.6) is 0 Å². The van der Waals surface area contributed by atoms with Crippen LogP contribution in [0, 0.1) is 5.92 Å². The first-order valence-corrected chi connectivity index (χ1v) is 6.73. The molecule has 1 rings (SSSR count). The summed E-state index contributed by atoms with van der Waals surface area (Å²) in [7, 11) is 5.88. The molecule has 0 atom stereocenters. The summed E-state index contributed by atoms with van der Waals surface area (Å²) in [6.07, 6.45) is 6.83. The molecule has 1 fully saturated rings. The Kier molecular flexibility index (Phi) is 6.52. The van der Waals surface area contributed by atoms with Crippen molar-refractivity contribution in [2.45, 2.75) is 38.5 Å². The third kappa shape index (κ3) is 6.64. The van der Waals surface area contributed by atoms with Crippen LogP contribution < -0.4 is 5.43 Å². The molecule has 1 aliphatic heterocycles. The highest BCUT2D eigenvalue weighted by Gasteiger charge is 2.15. The van der Waals surface area contributed by atoms with E-state index in [0.717, 1.165) is 12.3 Å². The van der Waals surface area contributed by atoms with Gasteiger partial charge in [0.05, 0.1) is 0 Å². The number of carbonyl (C=O) groups is 1. The van der Waals surface area contributed by atoms with E-state index >= 15 is 0 Å². The second kappa shape index (κ2) is 7.67. The molecule has 17 heavy (non-hydrogen) atoms. The summed E-state index contributed by atoms with van der Waals surface area (Å²) >= 11 is 0. The number of nitrogens with one attached hydrogen (secondary N) is 1. The molecular formula is C13H27N3O. The van der Waals surface area contributed by atoms with Gasteiger partial charge in [-0.2, -0.15) is 0 Å². The van der Waals surface area contributed by atoms with Gasteiger partial charge < -0.3 is 4.90 Å². The van der Waals surface area contributed by atoms with E-state index in [0.29, 0.717) is 6.42 Å². The lowest BCUT2D eigenvalue weighted by molar-refractivity contribution is -0.124. The molecule has 1 heterocycles. The maximum atomic E-state index is 11.4. The molecule has 0 radical (unpaired) electrons. The summed E-state index contributed by atoms with van der Waals surface area (Å²) in [4.78, 5) is 13.8. The van der Waals surface area contributed by atoms with Crippen LogP contribution in [0.15, 0.2) is 0 Å². The molecule has 1 N–H and O–H groups in total. The van der Waals surface area contributed by atoms with Crippen molar-refractivity contribution in [2.75, 3.05) is 34.2 Å². The number of unbranched alkanes of at least 4 members (excludes halogenated alkanes) is 1. The van der Waals surface area contributed by atoms with E-state index in [2.05, 4.69) is 17.4 Å². The lowest BCUT2D eigenvalue weighted by Crippen LogP contribution is -2.35. The van der Waals surface area contributed by atoms with E-state index in [1.807, 2.05) is 14.1 Å². The number of carbonyl (C=O) groups excluding carboxylic acids is 1. The Morgan fingerprint density at radius 1 is 1.29 bits per heavy atom. The van der Waals surface area contributed by atoms with Crippen LogP contribution >= 0.6 is 0 Å². The van der Waals surface area contributed by atoms with Gasteiger partial charge in [-0.3, -0.25) is 10.2 Å². The Morgan fingerprint density at radius 2 is 1.94 bits per heavy atom. The maximum absolute atomic E-state index is 11.4. The largest absolute Gasteiger partial charge is 0.306 e. The second-order valence-electron chi connectivity index (χ2n) is 5.42. The van der Waals surface area contributed by atoms with Crippen LogP contribution in [0.4, 0.5) is 0 Å². The fourth-order valence-corrected chi connectivity index (χ4v) is 2.37. The van der Waals surface area contributed by atoms with E-state index in [9.17, 15) is 4.79 Å². The Morgan fingerprint density at radius 3 is 2.53 bits per heavy atom. The Labute approximate surface area is 105 Å². The standard InChI is InChI=1S/C13H27N3O/c1-15(2)14-13(17)7-5-4-6-12-8-10-16(3)11-9-12/h12H,4-11H2,1-3H3,(H,14,17). The Bertz CT molecular complexity index is 223. The van der Waals surface area contributed by atoms with Gasteiger partial charge in [0.2, 0.25) is 5.91 Å². The minimum absolute atomic E-state index is 0.137. The molecule has 0 bridgehead atoms. The van der Waals surface area contributed by atoms with Crippen molar-refractivity contribution in [1.82, 2.24) is 15.3 Å². The molecule has 0 unspecified atom stereocenters. The lowest BCUT2D eigenvalue weighted by atomic mass is 9.91. The smallest absolute Gasteiger partial charge is 0.234 e. The molecule has 0 aromatic rings. The first-order valence-electron chi connectivity index (χ1n) is 6.73.